The van der Waals surface area contributed by atoms with Gasteiger partial charge < -0.3 is 10.5 Å². The first-order valence-corrected chi connectivity index (χ1v) is 4.39. The maximum atomic E-state index is 11.6. The van der Waals surface area contributed by atoms with Crippen molar-refractivity contribution in [3.05, 3.63) is 0 Å². The summed E-state index contributed by atoms with van der Waals surface area (Å²) in [5.41, 5.74) is 0.934. The number of halogens is 4. The summed E-state index contributed by atoms with van der Waals surface area (Å²) >= 11 is -0.198. The summed E-state index contributed by atoms with van der Waals surface area (Å²) < 4.78 is 39.0. The molecule has 0 aromatic carbocycles. The predicted molar refractivity (Wildman–Crippen MR) is 50.4 cm³/mol. The molecule has 0 aliphatic rings. The number of nitrogens with two attached hydrogens (primary N) is 1. The van der Waals surface area contributed by atoms with Crippen LogP contribution in [-0.4, -0.2) is 30.4 Å². The molecule has 0 saturated carbocycles. The summed E-state index contributed by atoms with van der Waals surface area (Å²) in [4.78, 5) is 10.6. The molecule has 8 heteroatoms. The lowest BCUT2D eigenvalue weighted by molar-refractivity contribution is -0.142. The van der Waals surface area contributed by atoms with Gasteiger partial charge in [0, 0.05) is 5.75 Å². The van der Waals surface area contributed by atoms with Crippen LogP contribution in [0.2, 0.25) is 0 Å². The fourth-order valence-corrected chi connectivity index (χ4v) is 1.17. The van der Waals surface area contributed by atoms with E-state index >= 15 is 0 Å². The number of carbonyl (C=O) groups is 1. The van der Waals surface area contributed by atoms with E-state index in [1.54, 1.807) is 0 Å². The topological polar surface area (TPSA) is 52.3 Å². The summed E-state index contributed by atoms with van der Waals surface area (Å²) in [6, 6.07) is -0.972. The van der Waals surface area contributed by atoms with Crippen molar-refractivity contribution in [1.29, 1.82) is 0 Å². The van der Waals surface area contributed by atoms with Crippen LogP contribution in [0.1, 0.15) is 6.42 Å². The van der Waals surface area contributed by atoms with Crippen LogP contribution >= 0.6 is 24.2 Å². The molecule has 3 nitrogen and oxygen atoms in total. The predicted octanol–water partition coefficient (Wildman–Crippen LogP) is 1.55. The van der Waals surface area contributed by atoms with Crippen LogP contribution in [-0.2, 0) is 9.53 Å². The molecular formula is C6H11ClF3NO2S. The van der Waals surface area contributed by atoms with E-state index in [1.165, 1.54) is 0 Å². The van der Waals surface area contributed by atoms with Crippen molar-refractivity contribution >= 4 is 30.1 Å². The molecular weight excluding hydrogens is 243 g/mol. The quantitative estimate of drug-likeness (QED) is 0.773. The Kier molecular flexibility index (Phi) is 8.37. The zero-order valence-corrected chi connectivity index (χ0v) is 8.97. The molecule has 1 unspecified atom stereocenters. The lowest BCUT2D eigenvalue weighted by Crippen LogP contribution is -2.32. The summed E-state index contributed by atoms with van der Waals surface area (Å²) in [5.74, 6) is -0.928. The number of rotatable bonds is 4. The van der Waals surface area contributed by atoms with Crippen LogP contribution in [0.15, 0.2) is 0 Å². The number of esters is 1. The largest absolute Gasteiger partial charge is 0.468 e. The van der Waals surface area contributed by atoms with Gasteiger partial charge in [-0.2, -0.15) is 13.2 Å². The van der Waals surface area contributed by atoms with Gasteiger partial charge in [0.1, 0.15) is 6.04 Å². The molecule has 0 heterocycles. The van der Waals surface area contributed by atoms with Gasteiger partial charge in [0.15, 0.2) is 0 Å². The first kappa shape index (κ1) is 16.3. The van der Waals surface area contributed by atoms with Gasteiger partial charge >= 0.3 is 11.5 Å². The van der Waals surface area contributed by atoms with E-state index in [1.807, 2.05) is 0 Å². The Morgan fingerprint density at radius 3 is 2.43 bits per heavy atom. The van der Waals surface area contributed by atoms with Crippen molar-refractivity contribution in [3.63, 3.8) is 0 Å². The SMILES string of the molecule is COC(=O)C(N)CCSC(F)(F)F.Cl. The zero-order chi connectivity index (χ0) is 10.5. The molecule has 14 heavy (non-hydrogen) atoms. The van der Waals surface area contributed by atoms with Crippen molar-refractivity contribution in [3.8, 4) is 0 Å². The summed E-state index contributed by atoms with van der Waals surface area (Å²) in [5, 5.41) is 0. The molecule has 0 aromatic rings. The van der Waals surface area contributed by atoms with Gasteiger partial charge in [-0.3, -0.25) is 4.79 Å². The first-order valence-electron chi connectivity index (χ1n) is 3.41. The molecule has 1 atom stereocenters. The maximum Gasteiger partial charge on any atom is 0.441 e. The number of thioether (sulfide) groups is 1. The molecule has 0 aliphatic carbocycles. The molecule has 0 radical (unpaired) electrons. The van der Waals surface area contributed by atoms with E-state index in [-0.39, 0.29) is 36.3 Å². The third kappa shape index (κ3) is 8.46. The van der Waals surface area contributed by atoms with Crippen LogP contribution in [0.3, 0.4) is 0 Å². The van der Waals surface area contributed by atoms with Crippen molar-refractivity contribution in [2.75, 3.05) is 12.9 Å². The van der Waals surface area contributed by atoms with Crippen LogP contribution in [0.25, 0.3) is 0 Å². The Bertz CT molecular complexity index is 179. The van der Waals surface area contributed by atoms with Crippen molar-refractivity contribution in [2.45, 2.75) is 18.0 Å². The van der Waals surface area contributed by atoms with Gasteiger partial charge in [-0.15, -0.1) is 12.4 Å². The second-order valence-electron chi connectivity index (χ2n) is 2.21. The van der Waals surface area contributed by atoms with Crippen LogP contribution in [0, 0.1) is 0 Å². The number of carbonyl (C=O) groups excluding carboxylic acids is 1. The highest BCUT2D eigenvalue weighted by Gasteiger charge is 2.28. The molecule has 0 fully saturated rings. The number of alkyl halides is 3. The lowest BCUT2D eigenvalue weighted by atomic mass is 10.2. The van der Waals surface area contributed by atoms with Crippen LogP contribution < -0.4 is 5.73 Å². The van der Waals surface area contributed by atoms with Gasteiger partial charge in [0.2, 0.25) is 0 Å². The number of methoxy groups -OCH3 is 1. The highest BCUT2D eigenvalue weighted by molar-refractivity contribution is 8.00. The lowest BCUT2D eigenvalue weighted by Gasteiger charge is -2.09. The Morgan fingerprint density at radius 1 is 1.57 bits per heavy atom. The average molecular weight is 254 g/mol. The van der Waals surface area contributed by atoms with Gasteiger partial charge in [0.25, 0.3) is 0 Å². The number of hydrogen-bond acceptors (Lipinski definition) is 4. The summed E-state index contributed by atoms with van der Waals surface area (Å²) in [7, 11) is 1.14. The van der Waals surface area contributed by atoms with E-state index in [0.29, 0.717) is 0 Å². The maximum absolute atomic E-state index is 11.6. The minimum Gasteiger partial charge on any atom is -0.468 e. The molecule has 0 aliphatic heterocycles. The normalized spacial score (nSPS) is 12.9. The van der Waals surface area contributed by atoms with Gasteiger partial charge in [-0.05, 0) is 6.42 Å². The average Bonchev–Trinajstić information content (AvgIpc) is 2.00. The molecule has 0 bridgehead atoms. The molecule has 0 spiro atoms. The monoisotopic (exact) mass is 253 g/mol. The molecule has 0 rings (SSSR count). The van der Waals surface area contributed by atoms with Crippen molar-refractivity contribution in [1.82, 2.24) is 0 Å². The van der Waals surface area contributed by atoms with Crippen molar-refractivity contribution in [2.24, 2.45) is 5.73 Å². The van der Waals surface area contributed by atoms with E-state index in [0.717, 1.165) is 7.11 Å². The molecule has 0 aromatic heterocycles. The van der Waals surface area contributed by atoms with Gasteiger partial charge in [-0.1, -0.05) is 11.8 Å². The Hall–Kier alpha value is -0.140. The van der Waals surface area contributed by atoms with E-state index < -0.39 is 17.5 Å². The van der Waals surface area contributed by atoms with Crippen LogP contribution in [0.4, 0.5) is 13.2 Å². The molecule has 2 N–H and O–H groups in total. The second kappa shape index (κ2) is 7.19. The third-order valence-corrected chi connectivity index (χ3v) is 1.97. The number of hydrogen-bond donors (Lipinski definition) is 1. The number of ether oxygens (including phenoxy) is 1. The first-order chi connectivity index (χ1) is 5.87. The smallest absolute Gasteiger partial charge is 0.441 e. The highest BCUT2D eigenvalue weighted by Crippen LogP contribution is 2.30. The standard InChI is InChI=1S/C6H10F3NO2S.ClH/c1-12-5(11)4(10)2-3-13-6(7,8)9;/h4H,2-3,10H2,1H3;1H. The van der Waals surface area contributed by atoms with E-state index in [4.69, 9.17) is 5.73 Å². The summed E-state index contributed by atoms with van der Waals surface area (Å²) in [6.45, 7) is 0. The fourth-order valence-electron chi connectivity index (χ4n) is 0.571. The Labute approximate surface area is 90.0 Å². The highest BCUT2D eigenvalue weighted by atomic mass is 35.5. The summed E-state index contributed by atoms with van der Waals surface area (Å²) in [6.07, 6.45) is -0.0448. The van der Waals surface area contributed by atoms with E-state index in [9.17, 15) is 18.0 Å². The second-order valence-corrected chi connectivity index (χ2v) is 3.37. The molecule has 0 saturated heterocycles. The minimum atomic E-state index is -4.27. The van der Waals surface area contributed by atoms with Crippen LogP contribution in [0.5, 0.6) is 0 Å². The molecule has 0 amide bonds. The Morgan fingerprint density at radius 2 is 2.07 bits per heavy atom. The van der Waals surface area contributed by atoms with Crippen molar-refractivity contribution < 1.29 is 22.7 Å². The van der Waals surface area contributed by atoms with Gasteiger partial charge in [-0.25, -0.2) is 0 Å². The van der Waals surface area contributed by atoms with E-state index in [2.05, 4.69) is 4.74 Å². The Balaban J connectivity index is 0. The third-order valence-electron chi connectivity index (χ3n) is 1.20. The van der Waals surface area contributed by atoms with Gasteiger partial charge in [0.05, 0.1) is 7.11 Å². The zero-order valence-electron chi connectivity index (χ0n) is 7.34. The molecule has 86 valence electrons. The minimum absolute atomic E-state index is 0. The fraction of sp³-hybridized carbons (Fsp3) is 0.833.